The van der Waals surface area contributed by atoms with Gasteiger partial charge in [0.15, 0.2) is 0 Å². The topological polar surface area (TPSA) is 44.8 Å². The van der Waals surface area contributed by atoms with Gasteiger partial charge in [-0.2, -0.15) is 0 Å². The highest BCUT2D eigenvalue weighted by molar-refractivity contribution is 5.86. The molecule has 2 atom stereocenters. The number of hydrogen-bond acceptors (Lipinski definition) is 3. The largest absolute Gasteiger partial charge is 0.379 e. The number of amides is 2. The van der Waals surface area contributed by atoms with Crippen LogP contribution < -0.4 is 5.32 Å². The van der Waals surface area contributed by atoms with Crippen LogP contribution >= 0.6 is 0 Å². The molecule has 3 rings (SSSR count). The lowest BCUT2D eigenvalue weighted by Gasteiger charge is -2.47. The van der Waals surface area contributed by atoms with Crippen molar-refractivity contribution in [3.63, 3.8) is 0 Å². The van der Waals surface area contributed by atoms with Crippen molar-refractivity contribution in [3.05, 3.63) is 48.0 Å². The normalized spacial score (nSPS) is 19.8. The van der Waals surface area contributed by atoms with E-state index in [-0.39, 0.29) is 23.5 Å². The smallest absolute Gasteiger partial charge is 0.317 e. The van der Waals surface area contributed by atoms with Crippen molar-refractivity contribution in [1.29, 1.82) is 0 Å². The predicted octanol–water partition coefficient (Wildman–Crippen LogP) is 5.07. The lowest BCUT2D eigenvalue weighted by atomic mass is 9.78. The number of urea groups is 1. The second kappa shape index (κ2) is 10.5. The number of likely N-dealkylation sites (tertiary alicyclic amines) is 1. The molecule has 1 aliphatic rings. The number of hydrogen-bond donors (Lipinski definition) is 1. The standard InChI is InChI=1S/C26H39N3O2/c1-6-7-17-31-18-23(22-14-10-12-20-11-8-9-13-21(20)22)27-25(30)29(5)24-15-16-28(4)19-26(24,2)3/h8-14,23-24H,6-7,15-19H2,1-5H3,(H,27,30). The van der Waals surface area contributed by atoms with Crippen LogP contribution in [0.4, 0.5) is 4.79 Å². The van der Waals surface area contributed by atoms with E-state index in [4.69, 9.17) is 4.74 Å². The highest BCUT2D eigenvalue weighted by Crippen LogP contribution is 2.32. The second-order valence-electron chi connectivity index (χ2n) is 9.64. The van der Waals surface area contributed by atoms with Gasteiger partial charge in [-0.1, -0.05) is 69.7 Å². The Morgan fingerprint density at radius 3 is 2.74 bits per heavy atom. The second-order valence-corrected chi connectivity index (χ2v) is 9.64. The molecule has 0 aliphatic carbocycles. The summed E-state index contributed by atoms with van der Waals surface area (Å²) in [4.78, 5) is 17.6. The molecule has 0 saturated carbocycles. The number of fused-ring (bicyclic) bond motifs is 1. The first-order valence-corrected chi connectivity index (χ1v) is 11.6. The summed E-state index contributed by atoms with van der Waals surface area (Å²) in [6.45, 7) is 9.86. The Morgan fingerprint density at radius 1 is 1.26 bits per heavy atom. The number of piperidine rings is 1. The molecular weight excluding hydrogens is 386 g/mol. The number of ether oxygens (including phenoxy) is 1. The van der Waals surface area contributed by atoms with Gasteiger partial charge in [0.2, 0.25) is 0 Å². The molecule has 0 aromatic heterocycles. The molecule has 31 heavy (non-hydrogen) atoms. The Morgan fingerprint density at radius 2 is 2.00 bits per heavy atom. The van der Waals surface area contributed by atoms with E-state index in [1.807, 2.05) is 18.0 Å². The average molecular weight is 426 g/mol. The summed E-state index contributed by atoms with van der Waals surface area (Å²) in [5.74, 6) is 0. The minimum absolute atomic E-state index is 0.0281. The van der Waals surface area contributed by atoms with Gasteiger partial charge in [-0.15, -0.1) is 0 Å². The Bertz CT molecular complexity index is 861. The molecule has 0 spiro atoms. The molecule has 0 radical (unpaired) electrons. The molecule has 1 heterocycles. The molecule has 5 nitrogen and oxygen atoms in total. The lowest BCUT2D eigenvalue weighted by molar-refractivity contribution is 0.0425. The van der Waals surface area contributed by atoms with Crippen molar-refractivity contribution >= 4 is 16.8 Å². The van der Waals surface area contributed by atoms with Crippen LogP contribution in [0.15, 0.2) is 42.5 Å². The van der Waals surface area contributed by atoms with E-state index in [0.29, 0.717) is 13.2 Å². The van der Waals surface area contributed by atoms with Crippen LogP contribution in [0, 0.1) is 5.41 Å². The molecule has 1 fully saturated rings. The van der Waals surface area contributed by atoms with E-state index in [1.54, 1.807) is 0 Å². The summed E-state index contributed by atoms with van der Waals surface area (Å²) >= 11 is 0. The zero-order valence-corrected chi connectivity index (χ0v) is 19.9. The number of benzene rings is 2. The van der Waals surface area contributed by atoms with E-state index >= 15 is 0 Å². The van der Waals surface area contributed by atoms with Gasteiger partial charge in [-0.05, 0) is 48.2 Å². The van der Waals surface area contributed by atoms with Crippen molar-refractivity contribution < 1.29 is 9.53 Å². The summed E-state index contributed by atoms with van der Waals surface area (Å²) in [5, 5.41) is 5.64. The highest BCUT2D eigenvalue weighted by atomic mass is 16.5. The summed E-state index contributed by atoms with van der Waals surface area (Å²) in [6, 6.07) is 14.6. The van der Waals surface area contributed by atoms with Gasteiger partial charge in [0.1, 0.15) is 0 Å². The lowest BCUT2D eigenvalue weighted by Crippen LogP contribution is -2.57. The summed E-state index contributed by atoms with van der Waals surface area (Å²) in [6.07, 6.45) is 3.11. The fourth-order valence-corrected chi connectivity index (χ4v) is 4.93. The first-order valence-electron chi connectivity index (χ1n) is 11.6. The molecular formula is C26H39N3O2. The molecule has 0 bridgehead atoms. The van der Waals surface area contributed by atoms with E-state index in [0.717, 1.165) is 43.3 Å². The van der Waals surface area contributed by atoms with E-state index in [2.05, 4.69) is 74.4 Å². The predicted molar refractivity (Wildman–Crippen MR) is 128 cm³/mol. The van der Waals surface area contributed by atoms with Crippen molar-refractivity contribution in [2.75, 3.05) is 40.4 Å². The van der Waals surface area contributed by atoms with Crippen LogP contribution in [0.5, 0.6) is 0 Å². The summed E-state index contributed by atoms with van der Waals surface area (Å²) < 4.78 is 5.98. The molecule has 1 saturated heterocycles. The Labute approximate surface area is 187 Å². The molecule has 2 aromatic rings. The molecule has 2 unspecified atom stereocenters. The molecule has 1 aliphatic heterocycles. The van der Waals surface area contributed by atoms with Gasteiger partial charge >= 0.3 is 6.03 Å². The van der Waals surface area contributed by atoms with E-state index in [9.17, 15) is 4.79 Å². The Kier molecular flexibility index (Phi) is 7.95. The zero-order valence-electron chi connectivity index (χ0n) is 19.9. The van der Waals surface area contributed by atoms with Gasteiger partial charge in [0, 0.05) is 26.2 Å². The van der Waals surface area contributed by atoms with Gasteiger partial charge in [-0.3, -0.25) is 0 Å². The first-order chi connectivity index (χ1) is 14.8. The number of carbonyl (C=O) groups is 1. The molecule has 170 valence electrons. The maximum Gasteiger partial charge on any atom is 0.317 e. The number of unbranched alkanes of at least 4 members (excludes halogenated alkanes) is 1. The van der Waals surface area contributed by atoms with Crippen molar-refractivity contribution in [1.82, 2.24) is 15.1 Å². The van der Waals surface area contributed by atoms with Crippen molar-refractivity contribution in [3.8, 4) is 0 Å². The molecule has 5 heteroatoms. The monoisotopic (exact) mass is 425 g/mol. The maximum atomic E-state index is 13.4. The SMILES string of the molecule is CCCCOCC(NC(=O)N(C)C1CCN(C)CC1(C)C)c1cccc2ccccc12. The van der Waals surface area contributed by atoms with Crippen LogP contribution in [-0.4, -0.2) is 62.3 Å². The third-order valence-corrected chi connectivity index (χ3v) is 6.57. The van der Waals surface area contributed by atoms with Crippen molar-refractivity contribution in [2.45, 2.75) is 52.1 Å². The fourth-order valence-electron chi connectivity index (χ4n) is 4.93. The third kappa shape index (κ3) is 5.78. The zero-order chi connectivity index (χ0) is 22.4. The maximum absolute atomic E-state index is 13.4. The minimum atomic E-state index is -0.188. The van der Waals surface area contributed by atoms with Gasteiger partial charge in [-0.25, -0.2) is 4.79 Å². The van der Waals surface area contributed by atoms with Crippen LogP contribution in [0.2, 0.25) is 0 Å². The summed E-state index contributed by atoms with van der Waals surface area (Å²) in [5.41, 5.74) is 1.16. The number of nitrogens with zero attached hydrogens (tertiary/aromatic N) is 2. The van der Waals surface area contributed by atoms with Crippen LogP contribution in [0.3, 0.4) is 0 Å². The number of nitrogens with one attached hydrogen (secondary N) is 1. The van der Waals surface area contributed by atoms with Crippen LogP contribution in [0.1, 0.15) is 51.6 Å². The van der Waals surface area contributed by atoms with E-state index in [1.165, 1.54) is 5.39 Å². The number of carbonyl (C=O) groups excluding carboxylic acids is 1. The van der Waals surface area contributed by atoms with Crippen molar-refractivity contribution in [2.24, 2.45) is 5.41 Å². The van der Waals surface area contributed by atoms with Gasteiger partial charge < -0.3 is 19.9 Å². The Hall–Kier alpha value is -2.11. The molecule has 2 aromatic carbocycles. The number of rotatable bonds is 8. The molecule has 2 amide bonds. The Balaban J connectivity index is 1.80. The van der Waals surface area contributed by atoms with Gasteiger partial charge in [0.05, 0.1) is 12.6 Å². The summed E-state index contributed by atoms with van der Waals surface area (Å²) in [7, 11) is 4.09. The first kappa shape index (κ1) is 23.6. The van der Waals surface area contributed by atoms with Crippen LogP contribution in [-0.2, 0) is 4.74 Å². The molecule has 1 N–H and O–H groups in total. The minimum Gasteiger partial charge on any atom is -0.379 e. The van der Waals surface area contributed by atoms with Gasteiger partial charge in [0.25, 0.3) is 0 Å². The van der Waals surface area contributed by atoms with Crippen LogP contribution in [0.25, 0.3) is 10.8 Å². The average Bonchev–Trinajstić information content (AvgIpc) is 2.74. The fraction of sp³-hybridized carbons (Fsp3) is 0.577. The third-order valence-electron chi connectivity index (χ3n) is 6.57. The quantitative estimate of drug-likeness (QED) is 0.601. The van der Waals surface area contributed by atoms with E-state index < -0.39 is 0 Å². The highest BCUT2D eigenvalue weighted by Gasteiger charge is 2.39.